The first kappa shape index (κ1) is 16.5. The molecule has 0 aromatic heterocycles. The van der Waals surface area contributed by atoms with Gasteiger partial charge >= 0.3 is 6.09 Å². The highest BCUT2D eigenvalue weighted by Crippen LogP contribution is 2.27. The van der Waals surface area contributed by atoms with Crippen molar-refractivity contribution in [2.75, 3.05) is 25.4 Å². The lowest BCUT2D eigenvalue weighted by atomic mass is 10.1. The minimum atomic E-state index is -3.34. The van der Waals surface area contributed by atoms with Gasteiger partial charge in [0.05, 0.1) is 18.4 Å². The molecule has 2 rings (SSSR count). The molecule has 7 nitrogen and oxygen atoms in total. The third kappa shape index (κ3) is 3.67. The van der Waals surface area contributed by atoms with Crippen molar-refractivity contribution in [3.8, 4) is 0 Å². The van der Waals surface area contributed by atoms with Gasteiger partial charge in [0, 0.05) is 19.1 Å². The molecule has 122 valence electrons. The first-order valence-electron chi connectivity index (χ1n) is 7.24. The number of amides is 1. The molecule has 0 aliphatic carbocycles. The number of piperazine rings is 1. The molecule has 2 heterocycles. The maximum atomic E-state index is 12.3. The number of carbonyl (C=O) groups excluding carboxylic acids is 1. The van der Waals surface area contributed by atoms with E-state index in [0.29, 0.717) is 12.8 Å². The van der Waals surface area contributed by atoms with Crippen molar-refractivity contribution < 1.29 is 23.1 Å². The largest absolute Gasteiger partial charge is 0.444 e. The van der Waals surface area contributed by atoms with Gasteiger partial charge < -0.3 is 14.7 Å². The summed E-state index contributed by atoms with van der Waals surface area (Å²) in [5.41, 5.74) is -0.597. The molecule has 1 unspecified atom stereocenters. The number of hydrogen-bond acceptors (Lipinski definition) is 5. The van der Waals surface area contributed by atoms with E-state index in [2.05, 4.69) is 0 Å². The van der Waals surface area contributed by atoms with Crippen LogP contribution in [0, 0.1) is 0 Å². The summed E-state index contributed by atoms with van der Waals surface area (Å²) in [5.74, 6) is 0.0716. The van der Waals surface area contributed by atoms with E-state index < -0.39 is 27.8 Å². The highest BCUT2D eigenvalue weighted by Gasteiger charge is 2.44. The average molecular weight is 320 g/mol. The molecule has 0 aromatic rings. The van der Waals surface area contributed by atoms with E-state index in [4.69, 9.17) is 4.74 Å². The number of aliphatic hydroxyl groups excluding tert-OH is 1. The van der Waals surface area contributed by atoms with E-state index in [-0.39, 0.29) is 31.5 Å². The number of fused-ring (bicyclic) bond motifs is 2. The van der Waals surface area contributed by atoms with Crippen molar-refractivity contribution in [2.45, 2.75) is 51.3 Å². The summed E-state index contributed by atoms with van der Waals surface area (Å²) in [6.45, 7) is 5.50. The van der Waals surface area contributed by atoms with Crippen LogP contribution in [0.3, 0.4) is 0 Å². The van der Waals surface area contributed by atoms with E-state index in [9.17, 15) is 18.3 Å². The lowest BCUT2D eigenvalue weighted by Gasteiger charge is -2.43. The number of ether oxygens (including phenoxy) is 1. The highest BCUT2D eigenvalue weighted by molar-refractivity contribution is 7.89. The molecular weight excluding hydrogens is 296 g/mol. The second-order valence-electron chi connectivity index (χ2n) is 6.65. The van der Waals surface area contributed by atoms with Gasteiger partial charge in [0.2, 0.25) is 10.0 Å². The normalized spacial score (nSPS) is 32.4. The van der Waals surface area contributed by atoms with Crippen LogP contribution in [0.4, 0.5) is 4.79 Å². The minimum Gasteiger partial charge on any atom is -0.444 e. The molecule has 2 fully saturated rings. The van der Waals surface area contributed by atoms with Crippen molar-refractivity contribution in [3.05, 3.63) is 0 Å². The lowest BCUT2D eigenvalue weighted by Crippen LogP contribution is -2.61. The summed E-state index contributed by atoms with van der Waals surface area (Å²) in [6, 6.07) is -0.767. The number of hydrogen-bond donors (Lipinski definition) is 1. The smallest absolute Gasteiger partial charge is 0.410 e. The van der Waals surface area contributed by atoms with Gasteiger partial charge in [0.15, 0.2) is 0 Å². The van der Waals surface area contributed by atoms with Gasteiger partial charge in [-0.25, -0.2) is 13.2 Å². The average Bonchev–Trinajstić information content (AvgIpc) is 2.46. The first-order chi connectivity index (χ1) is 9.64. The van der Waals surface area contributed by atoms with Crippen LogP contribution in [0.2, 0.25) is 0 Å². The molecular formula is C13H24N2O5S. The first-order valence-corrected chi connectivity index (χ1v) is 8.85. The Hall–Kier alpha value is -0.860. The molecule has 0 aromatic carbocycles. The molecule has 1 N–H and O–H groups in total. The Balaban J connectivity index is 2.21. The Morgan fingerprint density at radius 1 is 1.33 bits per heavy atom. The van der Waals surface area contributed by atoms with E-state index in [0.717, 1.165) is 0 Å². The van der Waals surface area contributed by atoms with E-state index in [1.165, 1.54) is 4.31 Å². The van der Waals surface area contributed by atoms with Crippen molar-refractivity contribution in [3.63, 3.8) is 0 Å². The second-order valence-corrected chi connectivity index (χ2v) is 8.69. The summed E-state index contributed by atoms with van der Waals surface area (Å²) in [7, 11) is -3.34. The molecule has 21 heavy (non-hydrogen) atoms. The van der Waals surface area contributed by atoms with Crippen LogP contribution in [-0.2, 0) is 14.8 Å². The third-order valence-corrected chi connectivity index (χ3v) is 5.75. The van der Waals surface area contributed by atoms with Gasteiger partial charge in [-0.05, 0) is 33.6 Å². The van der Waals surface area contributed by atoms with E-state index in [1.54, 1.807) is 25.7 Å². The number of aliphatic hydroxyl groups is 1. The molecule has 3 atom stereocenters. The quantitative estimate of drug-likeness (QED) is 0.755. The number of sulfonamides is 1. The van der Waals surface area contributed by atoms with E-state index in [1.807, 2.05) is 0 Å². The standard InChI is InChI=1S/C13H24N2O5S/c1-13(2,3)20-12(17)14-7-11(9-16)15-8-10(14)5-4-6-21(15,18)19/h10-11,16H,4-9H2,1-3H3/t10-,11-/m1/s1. The molecule has 2 bridgehead atoms. The van der Waals surface area contributed by atoms with Gasteiger partial charge in [-0.2, -0.15) is 4.31 Å². The molecule has 0 radical (unpaired) electrons. The third-order valence-electron chi connectivity index (χ3n) is 3.78. The molecule has 0 spiro atoms. The Morgan fingerprint density at radius 2 is 2.00 bits per heavy atom. The molecule has 2 aliphatic heterocycles. The Labute approximate surface area is 125 Å². The number of carbonyl (C=O) groups is 1. The monoisotopic (exact) mass is 320 g/mol. The summed E-state index contributed by atoms with van der Waals surface area (Å²) in [4.78, 5) is 13.9. The molecule has 0 saturated carbocycles. The van der Waals surface area contributed by atoms with Gasteiger partial charge in [-0.1, -0.05) is 0 Å². The maximum absolute atomic E-state index is 12.3. The number of rotatable bonds is 1. The summed E-state index contributed by atoms with van der Waals surface area (Å²) < 4.78 is 31.1. The zero-order chi connectivity index (χ0) is 15.8. The van der Waals surface area contributed by atoms with E-state index >= 15 is 0 Å². The number of nitrogens with zero attached hydrogens (tertiary/aromatic N) is 2. The Kier molecular flexibility index (Phi) is 4.51. The Bertz CT molecular complexity index is 499. The molecule has 2 aliphatic rings. The fourth-order valence-corrected chi connectivity index (χ4v) is 4.57. The van der Waals surface area contributed by atoms with Crippen LogP contribution >= 0.6 is 0 Å². The molecule has 8 heteroatoms. The zero-order valence-corrected chi connectivity index (χ0v) is 13.6. The van der Waals surface area contributed by atoms with Crippen LogP contribution in [0.15, 0.2) is 0 Å². The van der Waals surface area contributed by atoms with Crippen molar-refractivity contribution in [2.24, 2.45) is 0 Å². The van der Waals surface area contributed by atoms with Crippen LogP contribution < -0.4 is 0 Å². The van der Waals surface area contributed by atoms with Gasteiger partial charge in [-0.15, -0.1) is 0 Å². The van der Waals surface area contributed by atoms with Gasteiger partial charge in [0.25, 0.3) is 0 Å². The zero-order valence-electron chi connectivity index (χ0n) is 12.8. The Morgan fingerprint density at radius 3 is 2.57 bits per heavy atom. The van der Waals surface area contributed by atoms with Gasteiger partial charge in [0.1, 0.15) is 5.60 Å². The molecule has 1 amide bonds. The highest BCUT2D eigenvalue weighted by atomic mass is 32.2. The fraction of sp³-hybridized carbons (Fsp3) is 0.923. The predicted molar refractivity (Wildman–Crippen MR) is 77.3 cm³/mol. The summed E-state index contributed by atoms with van der Waals surface area (Å²) in [5, 5.41) is 9.47. The lowest BCUT2D eigenvalue weighted by molar-refractivity contribution is -0.00800. The fourth-order valence-electron chi connectivity index (χ4n) is 2.82. The van der Waals surface area contributed by atoms with Crippen LogP contribution in [0.1, 0.15) is 33.6 Å². The van der Waals surface area contributed by atoms with Crippen molar-refractivity contribution >= 4 is 16.1 Å². The maximum Gasteiger partial charge on any atom is 0.410 e. The summed E-state index contributed by atoms with van der Waals surface area (Å²) >= 11 is 0. The summed E-state index contributed by atoms with van der Waals surface area (Å²) in [6.07, 6.45) is 0.707. The van der Waals surface area contributed by atoms with Crippen molar-refractivity contribution in [1.29, 1.82) is 0 Å². The predicted octanol–water partition coefficient (Wildman–Crippen LogP) is 0.392. The molecule has 2 saturated heterocycles. The van der Waals surface area contributed by atoms with Crippen molar-refractivity contribution in [1.82, 2.24) is 9.21 Å². The van der Waals surface area contributed by atoms with Crippen LogP contribution in [0.25, 0.3) is 0 Å². The van der Waals surface area contributed by atoms with Gasteiger partial charge in [-0.3, -0.25) is 0 Å². The minimum absolute atomic E-state index is 0.0716. The van der Waals surface area contributed by atoms with Crippen LogP contribution in [-0.4, -0.2) is 72.0 Å². The second kappa shape index (κ2) is 5.73. The topological polar surface area (TPSA) is 87.2 Å². The SMILES string of the molecule is CC(C)(C)OC(=O)N1C[C@H](CO)N2C[C@H]1CCCS2(=O)=O. The van der Waals surface area contributed by atoms with Crippen LogP contribution in [0.5, 0.6) is 0 Å².